The van der Waals surface area contributed by atoms with Gasteiger partial charge in [0.2, 0.25) is 15.9 Å². The van der Waals surface area contributed by atoms with Gasteiger partial charge in [0.25, 0.3) is 5.69 Å². The topological polar surface area (TPSA) is 119 Å². The van der Waals surface area contributed by atoms with Gasteiger partial charge in [-0.2, -0.15) is 0 Å². The minimum Gasteiger partial charge on any atom is -0.495 e. The zero-order chi connectivity index (χ0) is 22.6. The number of nitro benzene ring substituents is 1. The van der Waals surface area contributed by atoms with E-state index in [9.17, 15) is 23.3 Å². The molecule has 0 fully saturated rings. The van der Waals surface area contributed by atoms with Crippen molar-refractivity contribution in [2.45, 2.75) is 33.2 Å². The van der Waals surface area contributed by atoms with Crippen molar-refractivity contribution in [1.82, 2.24) is 0 Å². The van der Waals surface area contributed by atoms with Crippen LogP contribution in [0.3, 0.4) is 0 Å². The molecule has 2 rings (SSSR count). The van der Waals surface area contributed by atoms with E-state index in [1.807, 2.05) is 19.9 Å². The summed E-state index contributed by atoms with van der Waals surface area (Å²) in [4.78, 5) is 23.7. The number of non-ortho nitro benzene ring substituents is 1. The van der Waals surface area contributed by atoms with E-state index in [1.54, 1.807) is 19.1 Å². The molecule has 0 saturated carbocycles. The van der Waals surface area contributed by atoms with Crippen LogP contribution in [0.2, 0.25) is 0 Å². The minimum atomic E-state index is -3.99. The number of carbonyl (C=O) groups excluding carboxylic acids is 1. The Hall–Kier alpha value is -3.14. The average molecular weight is 436 g/mol. The van der Waals surface area contributed by atoms with Crippen LogP contribution in [0.15, 0.2) is 36.4 Å². The van der Waals surface area contributed by atoms with Gasteiger partial charge in [-0.15, -0.1) is 0 Å². The molecule has 0 heterocycles. The number of sulfonamides is 1. The Kier molecular flexibility index (Phi) is 7.04. The van der Waals surface area contributed by atoms with Gasteiger partial charge in [-0.05, 0) is 43.5 Å². The summed E-state index contributed by atoms with van der Waals surface area (Å²) in [5.74, 6) is -0.450. The Morgan fingerprint density at radius 1 is 1.27 bits per heavy atom. The Bertz CT molecular complexity index is 1070. The molecule has 0 aliphatic carbocycles. The molecule has 1 atom stereocenters. The van der Waals surface area contributed by atoms with Crippen LogP contribution < -0.4 is 14.4 Å². The fourth-order valence-corrected chi connectivity index (χ4v) is 4.31. The maximum absolute atomic E-state index is 13.1. The molecule has 1 amide bonds. The first kappa shape index (κ1) is 23.1. The molecular weight excluding hydrogens is 410 g/mol. The van der Waals surface area contributed by atoms with E-state index in [-0.39, 0.29) is 23.5 Å². The molecule has 0 aliphatic heterocycles. The van der Waals surface area contributed by atoms with Crippen molar-refractivity contribution >= 4 is 33.0 Å². The summed E-state index contributed by atoms with van der Waals surface area (Å²) in [5.41, 5.74) is 2.01. The predicted octanol–water partition coefficient (Wildman–Crippen LogP) is 3.40. The van der Waals surface area contributed by atoms with Crippen LogP contribution in [0.25, 0.3) is 0 Å². The number of aryl methyl sites for hydroxylation is 1. The quantitative estimate of drug-likeness (QED) is 0.501. The van der Waals surface area contributed by atoms with Gasteiger partial charge in [-0.3, -0.25) is 19.2 Å². The van der Waals surface area contributed by atoms with E-state index in [2.05, 4.69) is 5.32 Å². The van der Waals surface area contributed by atoms with Crippen LogP contribution in [0.5, 0.6) is 5.75 Å². The van der Waals surface area contributed by atoms with Crippen LogP contribution in [0, 0.1) is 24.0 Å². The van der Waals surface area contributed by atoms with E-state index in [0.717, 1.165) is 27.8 Å². The molecule has 162 valence electrons. The number of hydrogen-bond acceptors (Lipinski definition) is 6. The molecule has 30 heavy (non-hydrogen) atoms. The van der Waals surface area contributed by atoms with E-state index < -0.39 is 26.9 Å². The molecule has 0 saturated heterocycles. The van der Waals surface area contributed by atoms with Crippen molar-refractivity contribution in [1.29, 1.82) is 0 Å². The van der Waals surface area contributed by atoms with Gasteiger partial charge < -0.3 is 10.1 Å². The number of rotatable bonds is 8. The maximum Gasteiger partial charge on any atom is 0.271 e. The Balaban J connectivity index is 2.57. The SMILES string of the molecule is CC[C@H](C(=O)Nc1cccc(C)c1C)N(c1cc([N+](=O)[O-])ccc1OC)S(C)(=O)=O. The van der Waals surface area contributed by atoms with Crippen LogP contribution in [-0.4, -0.2) is 38.7 Å². The highest BCUT2D eigenvalue weighted by atomic mass is 32.2. The van der Waals surface area contributed by atoms with Gasteiger partial charge in [-0.25, -0.2) is 8.42 Å². The van der Waals surface area contributed by atoms with Gasteiger partial charge >= 0.3 is 0 Å². The number of nitrogens with zero attached hydrogens (tertiary/aromatic N) is 2. The summed E-state index contributed by atoms with van der Waals surface area (Å²) in [6.45, 7) is 5.41. The van der Waals surface area contributed by atoms with Gasteiger partial charge in [0.1, 0.15) is 17.5 Å². The highest BCUT2D eigenvalue weighted by molar-refractivity contribution is 7.92. The number of carbonyl (C=O) groups is 1. The lowest BCUT2D eigenvalue weighted by Gasteiger charge is -2.31. The summed E-state index contributed by atoms with van der Waals surface area (Å²) >= 11 is 0. The molecule has 0 aliphatic rings. The minimum absolute atomic E-state index is 0.0721. The summed E-state index contributed by atoms with van der Waals surface area (Å²) in [6.07, 6.45) is 1.08. The van der Waals surface area contributed by atoms with E-state index in [1.165, 1.54) is 19.2 Å². The number of nitro groups is 1. The zero-order valence-electron chi connectivity index (χ0n) is 17.5. The van der Waals surface area contributed by atoms with Gasteiger partial charge in [-0.1, -0.05) is 19.1 Å². The smallest absolute Gasteiger partial charge is 0.271 e. The van der Waals surface area contributed by atoms with Crippen LogP contribution in [-0.2, 0) is 14.8 Å². The van der Waals surface area contributed by atoms with Crippen LogP contribution >= 0.6 is 0 Å². The third-order valence-electron chi connectivity index (χ3n) is 4.80. The molecule has 0 aromatic heterocycles. The monoisotopic (exact) mass is 435 g/mol. The molecule has 0 spiro atoms. The molecule has 9 nitrogen and oxygen atoms in total. The summed E-state index contributed by atoms with van der Waals surface area (Å²) in [6, 6.07) is 7.88. The summed E-state index contributed by atoms with van der Waals surface area (Å²) in [7, 11) is -2.67. The van der Waals surface area contributed by atoms with E-state index in [4.69, 9.17) is 4.74 Å². The van der Waals surface area contributed by atoms with Crippen LogP contribution in [0.4, 0.5) is 17.1 Å². The third kappa shape index (κ3) is 4.88. The number of ether oxygens (including phenoxy) is 1. The van der Waals surface area contributed by atoms with Gasteiger partial charge in [0.15, 0.2) is 0 Å². The van der Waals surface area contributed by atoms with Crippen molar-refractivity contribution in [2.24, 2.45) is 0 Å². The Labute approximate surface area is 175 Å². The van der Waals surface area contributed by atoms with Crippen molar-refractivity contribution < 1.29 is 22.9 Å². The first-order valence-electron chi connectivity index (χ1n) is 9.20. The molecule has 0 bridgehead atoms. The highest BCUT2D eigenvalue weighted by Crippen LogP contribution is 2.36. The van der Waals surface area contributed by atoms with Crippen molar-refractivity contribution in [2.75, 3.05) is 23.0 Å². The molecule has 10 heteroatoms. The van der Waals surface area contributed by atoms with Crippen LogP contribution in [0.1, 0.15) is 24.5 Å². The lowest BCUT2D eigenvalue weighted by Crippen LogP contribution is -2.47. The normalized spacial score (nSPS) is 12.2. The van der Waals surface area contributed by atoms with Crippen molar-refractivity contribution in [3.05, 3.63) is 57.6 Å². The lowest BCUT2D eigenvalue weighted by atomic mass is 10.1. The molecule has 2 aromatic rings. The number of amides is 1. The average Bonchev–Trinajstić information content (AvgIpc) is 2.67. The number of methoxy groups -OCH3 is 1. The predicted molar refractivity (Wildman–Crippen MR) is 116 cm³/mol. The summed E-state index contributed by atoms with van der Waals surface area (Å²) < 4.78 is 31.5. The first-order chi connectivity index (χ1) is 14.0. The highest BCUT2D eigenvalue weighted by Gasteiger charge is 2.34. The summed E-state index contributed by atoms with van der Waals surface area (Å²) in [5, 5.41) is 14.0. The van der Waals surface area contributed by atoms with E-state index >= 15 is 0 Å². The third-order valence-corrected chi connectivity index (χ3v) is 5.97. The second-order valence-corrected chi connectivity index (χ2v) is 8.69. The van der Waals surface area contributed by atoms with Crippen molar-refractivity contribution in [3.63, 3.8) is 0 Å². The standard InChI is InChI=1S/C20H25N3O6S/c1-6-17(20(24)21-16-9-7-8-13(2)14(16)3)22(30(5,27)28)18-12-15(23(25)26)10-11-19(18)29-4/h7-12,17H,6H2,1-5H3,(H,21,24)/t17-/m1/s1. The second kappa shape index (κ2) is 9.12. The van der Waals surface area contributed by atoms with Crippen molar-refractivity contribution in [3.8, 4) is 5.75 Å². The second-order valence-electron chi connectivity index (χ2n) is 6.83. The number of anilines is 2. The largest absolute Gasteiger partial charge is 0.495 e. The molecule has 0 unspecified atom stereocenters. The van der Waals surface area contributed by atoms with E-state index in [0.29, 0.717) is 5.69 Å². The number of benzene rings is 2. The maximum atomic E-state index is 13.1. The fraction of sp³-hybridized carbons (Fsp3) is 0.350. The molecule has 0 radical (unpaired) electrons. The first-order valence-corrected chi connectivity index (χ1v) is 11.0. The molecule has 2 aromatic carbocycles. The Morgan fingerprint density at radius 3 is 2.47 bits per heavy atom. The number of nitrogens with one attached hydrogen (secondary N) is 1. The number of hydrogen-bond donors (Lipinski definition) is 1. The Morgan fingerprint density at radius 2 is 1.93 bits per heavy atom. The van der Waals surface area contributed by atoms with Gasteiger partial charge in [0, 0.05) is 17.8 Å². The van der Waals surface area contributed by atoms with Gasteiger partial charge in [0.05, 0.1) is 18.3 Å². The molecule has 1 N–H and O–H groups in total. The fourth-order valence-electron chi connectivity index (χ4n) is 3.10. The zero-order valence-corrected chi connectivity index (χ0v) is 18.3. The lowest BCUT2D eigenvalue weighted by molar-refractivity contribution is -0.384. The molecular formula is C20H25N3O6S.